The van der Waals surface area contributed by atoms with E-state index < -0.39 is 17.9 Å². The van der Waals surface area contributed by atoms with E-state index in [1.807, 2.05) is 0 Å². The molecule has 1 amide bonds. The van der Waals surface area contributed by atoms with Crippen molar-refractivity contribution in [3.8, 4) is 0 Å². The number of nitrogens with zero attached hydrogens (tertiary/aromatic N) is 3. The number of hydrogen-bond acceptors (Lipinski definition) is 4. The standard InChI is InChI=1S/C12H12N4O3/c1-7-9(11(13)17)14-15-16(7)10(12(18)19)8-5-3-2-4-6-8/h2-6,10H,1H3,(H2,13,17)(H,18,19). The topological polar surface area (TPSA) is 111 Å². The van der Waals surface area contributed by atoms with Crippen LogP contribution in [0.4, 0.5) is 0 Å². The zero-order chi connectivity index (χ0) is 14.0. The van der Waals surface area contributed by atoms with E-state index in [9.17, 15) is 14.7 Å². The third-order valence-corrected chi connectivity index (χ3v) is 2.75. The van der Waals surface area contributed by atoms with Gasteiger partial charge < -0.3 is 10.8 Å². The average Bonchev–Trinajstić information content (AvgIpc) is 2.73. The highest BCUT2D eigenvalue weighted by molar-refractivity contribution is 5.91. The highest BCUT2D eigenvalue weighted by Crippen LogP contribution is 2.20. The van der Waals surface area contributed by atoms with Crippen molar-refractivity contribution in [3.05, 3.63) is 47.3 Å². The second-order valence-corrected chi connectivity index (χ2v) is 3.98. The molecule has 0 saturated heterocycles. The number of aromatic nitrogens is 3. The van der Waals surface area contributed by atoms with Crippen molar-refractivity contribution < 1.29 is 14.7 Å². The van der Waals surface area contributed by atoms with Crippen LogP contribution in [0.5, 0.6) is 0 Å². The molecule has 2 rings (SSSR count). The Balaban J connectivity index is 2.53. The van der Waals surface area contributed by atoms with Crippen molar-refractivity contribution in [2.24, 2.45) is 5.73 Å². The number of hydrogen-bond donors (Lipinski definition) is 2. The van der Waals surface area contributed by atoms with E-state index in [4.69, 9.17) is 5.73 Å². The first kappa shape index (κ1) is 12.7. The molecule has 98 valence electrons. The molecule has 1 atom stereocenters. The van der Waals surface area contributed by atoms with Crippen LogP contribution in [0, 0.1) is 6.92 Å². The third-order valence-electron chi connectivity index (χ3n) is 2.75. The number of carbonyl (C=O) groups excluding carboxylic acids is 1. The SMILES string of the molecule is Cc1c(C(N)=O)nnn1C(C(=O)O)c1ccccc1. The van der Waals surface area contributed by atoms with Crippen LogP contribution >= 0.6 is 0 Å². The summed E-state index contributed by atoms with van der Waals surface area (Å²) in [4.78, 5) is 22.5. The minimum absolute atomic E-state index is 0.0258. The molecule has 0 aliphatic carbocycles. The van der Waals surface area contributed by atoms with Gasteiger partial charge in [-0.1, -0.05) is 35.5 Å². The van der Waals surface area contributed by atoms with Crippen LogP contribution in [-0.4, -0.2) is 32.0 Å². The molecule has 0 aliphatic heterocycles. The van der Waals surface area contributed by atoms with Gasteiger partial charge in [0, 0.05) is 0 Å². The maximum Gasteiger partial charge on any atom is 0.333 e. The number of amides is 1. The lowest BCUT2D eigenvalue weighted by Crippen LogP contribution is -2.23. The first-order valence-corrected chi connectivity index (χ1v) is 5.51. The van der Waals surface area contributed by atoms with Gasteiger partial charge in [0.25, 0.3) is 5.91 Å². The Hall–Kier alpha value is -2.70. The fourth-order valence-corrected chi connectivity index (χ4v) is 1.84. The monoisotopic (exact) mass is 260 g/mol. The summed E-state index contributed by atoms with van der Waals surface area (Å²) in [6.07, 6.45) is 0. The normalized spacial score (nSPS) is 12.1. The molecule has 0 bridgehead atoms. The molecule has 0 fully saturated rings. The summed E-state index contributed by atoms with van der Waals surface area (Å²) in [5.41, 5.74) is 5.98. The number of carbonyl (C=O) groups is 2. The molecule has 0 aliphatic rings. The van der Waals surface area contributed by atoms with Gasteiger partial charge in [-0.25, -0.2) is 9.48 Å². The number of carboxylic acids is 1. The minimum atomic E-state index is -1.09. The Kier molecular flexibility index (Phi) is 3.28. The van der Waals surface area contributed by atoms with Crippen LogP contribution in [0.1, 0.15) is 27.8 Å². The molecule has 2 aromatic rings. The summed E-state index contributed by atoms with van der Waals surface area (Å²) in [7, 11) is 0. The molecular formula is C12H12N4O3. The molecule has 19 heavy (non-hydrogen) atoms. The first-order chi connectivity index (χ1) is 9.02. The molecule has 1 aromatic carbocycles. The lowest BCUT2D eigenvalue weighted by molar-refractivity contribution is -0.139. The molecule has 1 heterocycles. The van der Waals surface area contributed by atoms with E-state index in [0.717, 1.165) is 0 Å². The van der Waals surface area contributed by atoms with Crippen molar-refractivity contribution in [1.29, 1.82) is 0 Å². The van der Waals surface area contributed by atoms with E-state index in [2.05, 4.69) is 10.3 Å². The Morgan fingerprint density at radius 2 is 1.95 bits per heavy atom. The zero-order valence-electron chi connectivity index (χ0n) is 10.1. The van der Waals surface area contributed by atoms with Crippen LogP contribution < -0.4 is 5.73 Å². The zero-order valence-corrected chi connectivity index (χ0v) is 10.1. The molecule has 1 aromatic heterocycles. The van der Waals surface area contributed by atoms with Crippen molar-refractivity contribution in [2.45, 2.75) is 13.0 Å². The smallest absolute Gasteiger partial charge is 0.333 e. The number of aliphatic carboxylic acids is 1. The van der Waals surface area contributed by atoms with Gasteiger partial charge >= 0.3 is 5.97 Å². The summed E-state index contributed by atoms with van der Waals surface area (Å²) < 4.78 is 1.18. The van der Waals surface area contributed by atoms with Gasteiger partial charge in [-0.3, -0.25) is 4.79 Å². The van der Waals surface area contributed by atoms with Gasteiger partial charge in [0.05, 0.1) is 5.69 Å². The molecule has 1 unspecified atom stereocenters. The van der Waals surface area contributed by atoms with Crippen LogP contribution in [0.25, 0.3) is 0 Å². The lowest BCUT2D eigenvalue weighted by Gasteiger charge is -2.14. The number of benzene rings is 1. The van der Waals surface area contributed by atoms with Crippen molar-refractivity contribution >= 4 is 11.9 Å². The fraction of sp³-hybridized carbons (Fsp3) is 0.167. The van der Waals surface area contributed by atoms with Gasteiger partial charge in [0.1, 0.15) is 0 Å². The highest BCUT2D eigenvalue weighted by atomic mass is 16.4. The van der Waals surface area contributed by atoms with E-state index in [1.54, 1.807) is 37.3 Å². The van der Waals surface area contributed by atoms with Gasteiger partial charge in [0.15, 0.2) is 11.7 Å². The Labute approximate surface area is 108 Å². The second-order valence-electron chi connectivity index (χ2n) is 3.98. The Bertz CT molecular complexity index is 621. The fourth-order valence-electron chi connectivity index (χ4n) is 1.84. The van der Waals surface area contributed by atoms with Gasteiger partial charge in [0.2, 0.25) is 0 Å². The summed E-state index contributed by atoms with van der Waals surface area (Å²) >= 11 is 0. The van der Waals surface area contributed by atoms with Crippen molar-refractivity contribution in [2.75, 3.05) is 0 Å². The summed E-state index contributed by atoms with van der Waals surface area (Å²) in [5, 5.41) is 16.7. The number of rotatable bonds is 4. The van der Waals surface area contributed by atoms with Crippen LogP contribution in [0.15, 0.2) is 30.3 Å². The quantitative estimate of drug-likeness (QED) is 0.824. The molecule has 3 N–H and O–H groups in total. The minimum Gasteiger partial charge on any atom is -0.479 e. The largest absolute Gasteiger partial charge is 0.479 e. The third kappa shape index (κ3) is 2.30. The van der Waals surface area contributed by atoms with E-state index in [1.165, 1.54) is 4.68 Å². The van der Waals surface area contributed by atoms with Gasteiger partial charge in [-0.15, -0.1) is 5.10 Å². The average molecular weight is 260 g/mol. The van der Waals surface area contributed by atoms with E-state index in [0.29, 0.717) is 11.3 Å². The number of carboxylic acid groups (broad SMARTS) is 1. The first-order valence-electron chi connectivity index (χ1n) is 5.51. The Morgan fingerprint density at radius 1 is 1.32 bits per heavy atom. The van der Waals surface area contributed by atoms with Crippen molar-refractivity contribution in [1.82, 2.24) is 15.0 Å². The molecule has 0 saturated carbocycles. The highest BCUT2D eigenvalue weighted by Gasteiger charge is 2.27. The Morgan fingerprint density at radius 3 is 2.42 bits per heavy atom. The van der Waals surface area contributed by atoms with Crippen LogP contribution in [-0.2, 0) is 4.79 Å². The second kappa shape index (κ2) is 4.89. The van der Waals surface area contributed by atoms with E-state index in [-0.39, 0.29) is 5.69 Å². The molecular weight excluding hydrogens is 248 g/mol. The molecule has 7 nitrogen and oxygen atoms in total. The summed E-state index contributed by atoms with van der Waals surface area (Å²) in [5.74, 6) is -1.82. The molecule has 0 spiro atoms. The maximum atomic E-state index is 11.4. The summed E-state index contributed by atoms with van der Waals surface area (Å²) in [6.45, 7) is 1.55. The van der Waals surface area contributed by atoms with Crippen LogP contribution in [0.2, 0.25) is 0 Å². The number of nitrogens with two attached hydrogens (primary N) is 1. The lowest BCUT2D eigenvalue weighted by atomic mass is 10.1. The molecule has 0 radical (unpaired) electrons. The molecule has 7 heteroatoms. The van der Waals surface area contributed by atoms with Gasteiger partial charge in [-0.05, 0) is 12.5 Å². The number of primary amides is 1. The predicted molar refractivity (Wildman–Crippen MR) is 65.5 cm³/mol. The predicted octanol–water partition coefficient (Wildman–Crippen LogP) is 0.359. The maximum absolute atomic E-state index is 11.4. The van der Waals surface area contributed by atoms with Gasteiger partial charge in [-0.2, -0.15) is 0 Å². The summed E-state index contributed by atoms with van der Waals surface area (Å²) in [6, 6.07) is 7.54. The van der Waals surface area contributed by atoms with E-state index >= 15 is 0 Å². The van der Waals surface area contributed by atoms with Crippen LogP contribution in [0.3, 0.4) is 0 Å². The van der Waals surface area contributed by atoms with Crippen molar-refractivity contribution in [3.63, 3.8) is 0 Å².